The summed E-state index contributed by atoms with van der Waals surface area (Å²) in [6.45, 7) is 1.69. The molecule has 1 rings (SSSR count). The van der Waals surface area contributed by atoms with Gasteiger partial charge in [0.15, 0.2) is 0 Å². The highest BCUT2D eigenvalue weighted by atomic mass is 79.9. The number of benzene rings is 1. The van der Waals surface area contributed by atoms with Gasteiger partial charge in [-0.1, -0.05) is 38.8 Å². The fourth-order valence-electron chi connectivity index (χ4n) is 1.89. The van der Waals surface area contributed by atoms with Gasteiger partial charge in [0.25, 0.3) is 0 Å². The maximum Gasteiger partial charge on any atom is 0.150 e. The fourth-order valence-corrected chi connectivity index (χ4v) is 3.69. The summed E-state index contributed by atoms with van der Waals surface area (Å²) in [4.78, 5) is 0. The second kappa shape index (κ2) is 7.76. The van der Waals surface area contributed by atoms with E-state index in [0.717, 1.165) is 20.9 Å². The fraction of sp³-hybridized carbons (Fsp3) is 0.538. The maximum atomic E-state index is 11.5. The molecule has 0 aliphatic carbocycles. The monoisotopic (exact) mass is 411 g/mol. The van der Waals surface area contributed by atoms with Crippen LogP contribution in [0.25, 0.3) is 0 Å². The van der Waals surface area contributed by atoms with Gasteiger partial charge in [-0.15, -0.1) is 0 Å². The van der Waals surface area contributed by atoms with Gasteiger partial charge in [-0.05, 0) is 43.7 Å². The van der Waals surface area contributed by atoms with E-state index < -0.39 is 9.84 Å². The molecule has 0 fully saturated rings. The molecule has 0 aliphatic rings. The lowest BCUT2D eigenvalue weighted by Gasteiger charge is -2.18. The Balaban J connectivity index is 2.71. The van der Waals surface area contributed by atoms with Crippen molar-refractivity contribution in [3.8, 4) is 0 Å². The van der Waals surface area contributed by atoms with Crippen LogP contribution in [0.3, 0.4) is 0 Å². The van der Waals surface area contributed by atoms with Crippen LogP contribution in [-0.4, -0.2) is 27.0 Å². The summed E-state index contributed by atoms with van der Waals surface area (Å²) in [6, 6.07) is 6.17. The lowest BCUT2D eigenvalue weighted by Crippen LogP contribution is -2.18. The molecule has 3 nitrogen and oxygen atoms in total. The van der Waals surface area contributed by atoms with Gasteiger partial charge in [0.2, 0.25) is 0 Å². The Kier molecular flexibility index (Phi) is 7.00. The van der Waals surface area contributed by atoms with Crippen LogP contribution < -0.4 is 5.32 Å². The van der Waals surface area contributed by atoms with Gasteiger partial charge < -0.3 is 5.32 Å². The first-order chi connectivity index (χ1) is 8.89. The summed E-state index contributed by atoms with van der Waals surface area (Å²) in [5.74, 6) is 0.477. The summed E-state index contributed by atoms with van der Waals surface area (Å²) in [7, 11) is -0.977. The third-order valence-corrected chi connectivity index (χ3v) is 6.08. The zero-order chi connectivity index (χ0) is 14.5. The van der Waals surface area contributed by atoms with E-state index in [1.807, 2.05) is 19.2 Å². The van der Waals surface area contributed by atoms with E-state index in [4.69, 9.17) is 0 Å². The van der Waals surface area contributed by atoms with Crippen LogP contribution in [0.1, 0.15) is 31.4 Å². The first-order valence-corrected chi connectivity index (χ1v) is 9.63. The van der Waals surface area contributed by atoms with Crippen molar-refractivity contribution in [3.63, 3.8) is 0 Å². The van der Waals surface area contributed by atoms with Gasteiger partial charge in [0.1, 0.15) is 9.84 Å². The molecule has 0 saturated carbocycles. The summed E-state index contributed by atoms with van der Waals surface area (Å²) in [6.07, 6.45) is 1.46. The van der Waals surface area contributed by atoms with Crippen molar-refractivity contribution in [2.45, 2.75) is 25.8 Å². The topological polar surface area (TPSA) is 46.2 Å². The van der Waals surface area contributed by atoms with E-state index in [1.54, 1.807) is 6.92 Å². The Bertz CT molecular complexity index is 517. The number of rotatable bonds is 7. The molecule has 0 bridgehead atoms. The number of nitrogens with one attached hydrogen (secondary N) is 1. The molecule has 0 spiro atoms. The largest absolute Gasteiger partial charge is 0.313 e. The van der Waals surface area contributed by atoms with E-state index in [0.29, 0.717) is 6.42 Å². The molecule has 6 heteroatoms. The molecular weight excluding hydrogens is 394 g/mol. The Morgan fingerprint density at radius 3 is 2.58 bits per heavy atom. The Hall–Kier alpha value is 0.0900. The first-order valence-electron chi connectivity index (χ1n) is 6.22. The number of hydrogen-bond acceptors (Lipinski definition) is 3. The molecule has 0 heterocycles. The number of halogens is 2. The van der Waals surface area contributed by atoms with Gasteiger partial charge in [0.05, 0.1) is 5.75 Å². The SMILES string of the molecule is CCS(=O)(=O)CCCC(NC)c1cc(Br)ccc1Br. The molecule has 1 aromatic carbocycles. The standard InChI is InChI=1S/C13H19Br2NO2S/c1-3-19(17,18)8-4-5-13(16-2)11-9-10(14)6-7-12(11)15/h6-7,9,13,16H,3-5,8H2,1-2H3. The first kappa shape index (κ1) is 17.1. The zero-order valence-electron chi connectivity index (χ0n) is 11.1. The van der Waals surface area contributed by atoms with Gasteiger partial charge in [-0.2, -0.15) is 0 Å². The van der Waals surface area contributed by atoms with Gasteiger partial charge in [-0.3, -0.25) is 0 Å². The normalized spacial score (nSPS) is 13.5. The molecule has 19 heavy (non-hydrogen) atoms. The highest BCUT2D eigenvalue weighted by Gasteiger charge is 2.15. The van der Waals surface area contributed by atoms with Crippen LogP contribution in [0.15, 0.2) is 27.1 Å². The molecule has 0 amide bonds. The molecule has 1 unspecified atom stereocenters. The van der Waals surface area contributed by atoms with E-state index in [-0.39, 0.29) is 17.5 Å². The second-order valence-electron chi connectivity index (χ2n) is 4.39. The van der Waals surface area contributed by atoms with Crippen molar-refractivity contribution in [2.24, 2.45) is 0 Å². The lowest BCUT2D eigenvalue weighted by atomic mass is 10.0. The number of sulfone groups is 1. The highest BCUT2D eigenvalue weighted by molar-refractivity contribution is 9.11. The van der Waals surface area contributed by atoms with Crippen LogP contribution in [0.5, 0.6) is 0 Å². The van der Waals surface area contributed by atoms with E-state index in [2.05, 4.69) is 43.2 Å². The predicted octanol–water partition coefficient (Wildman–Crippen LogP) is 3.69. The summed E-state index contributed by atoms with van der Waals surface area (Å²) in [5.41, 5.74) is 1.14. The maximum absolute atomic E-state index is 11.5. The highest BCUT2D eigenvalue weighted by Crippen LogP contribution is 2.29. The molecule has 0 aromatic heterocycles. The molecular formula is C13H19Br2NO2S. The molecule has 0 radical (unpaired) electrons. The third kappa shape index (κ3) is 5.53. The molecule has 0 saturated heterocycles. The van der Waals surface area contributed by atoms with Crippen molar-refractivity contribution in [2.75, 3.05) is 18.6 Å². The summed E-state index contributed by atoms with van der Waals surface area (Å²) < 4.78 is 25.0. The zero-order valence-corrected chi connectivity index (χ0v) is 15.1. The van der Waals surface area contributed by atoms with Crippen molar-refractivity contribution in [1.29, 1.82) is 0 Å². The minimum absolute atomic E-state index is 0.152. The Morgan fingerprint density at radius 2 is 2.00 bits per heavy atom. The average Bonchev–Trinajstić information content (AvgIpc) is 2.38. The Morgan fingerprint density at radius 1 is 1.32 bits per heavy atom. The van der Waals surface area contributed by atoms with Crippen molar-refractivity contribution in [1.82, 2.24) is 5.32 Å². The molecule has 108 valence electrons. The molecule has 1 N–H and O–H groups in total. The van der Waals surface area contributed by atoms with E-state index in [1.165, 1.54) is 0 Å². The molecule has 1 atom stereocenters. The summed E-state index contributed by atoms with van der Waals surface area (Å²) >= 11 is 7.00. The average molecular weight is 413 g/mol. The van der Waals surface area contributed by atoms with Crippen molar-refractivity contribution in [3.05, 3.63) is 32.7 Å². The molecule has 0 aliphatic heterocycles. The van der Waals surface area contributed by atoms with Crippen LogP contribution >= 0.6 is 31.9 Å². The van der Waals surface area contributed by atoms with Gasteiger partial charge in [-0.25, -0.2) is 8.42 Å². The quantitative estimate of drug-likeness (QED) is 0.742. The van der Waals surface area contributed by atoms with Crippen LogP contribution in [0, 0.1) is 0 Å². The minimum atomic E-state index is -2.87. The lowest BCUT2D eigenvalue weighted by molar-refractivity contribution is 0.533. The smallest absolute Gasteiger partial charge is 0.150 e. The summed E-state index contributed by atoms with van der Waals surface area (Å²) in [5, 5.41) is 3.25. The second-order valence-corrected chi connectivity index (χ2v) is 8.63. The van der Waals surface area contributed by atoms with Gasteiger partial charge >= 0.3 is 0 Å². The third-order valence-electron chi connectivity index (χ3n) is 3.07. The van der Waals surface area contributed by atoms with Crippen LogP contribution in [0.4, 0.5) is 0 Å². The van der Waals surface area contributed by atoms with Crippen molar-refractivity contribution >= 4 is 41.7 Å². The van der Waals surface area contributed by atoms with Crippen LogP contribution in [-0.2, 0) is 9.84 Å². The van der Waals surface area contributed by atoms with E-state index >= 15 is 0 Å². The van der Waals surface area contributed by atoms with Crippen molar-refractivity contribution < 1.29 is 8.42 Å². The van der Waals surface area contributed by atoms with Crippen LogP contribution in [0.2, 0.25) is 0 Å². The molecule has 1 aromatic rings. The Labute approximate surface area is 132 Å². The van der Waals surface area contributed by atoms with E-state index in [9.17, 15) is 8.42 Å². The predicted molar refractivity (Wildman–Crippen MR) is 87.2 cm³/mol. The minimum Gasteiger partial charge on any atom is -0.313 e. The van der Waals surface area contributed by atoms with Gasteiger partial charge in [0, 0.05) is 20.7 Å². The number of hydrogen-bond donors (Lipinski definition) is 1.